The van der Waals surface area contributed by atoms with E-state index in [4.69, 9.17) is 0 Å². The highest BCUT2D eigenvalue weighted by Crippen LogP contribution is 2.35. The predicted octanol–water partition coefficient (Wildman–Crippen LogP) is 7.76. The molecular formula is C40H44N2O4. The minimum Gasteiger partial charge on any atom is -0.317 e. The molecule has 4 aromatic rings. The van der Waals surface area contributed by atoms with E-state index in [1.165, 1.54) is 25.7 Å². The largest absolute Gasteiger partial charge is 0.317 e. The van der Waals surface area contributed by atoms with E-state index in [2.05, 4.69) is 10.6 Å². The summed E-state index contributed by atoms with van der Waals surface area (Å²) in [7, 11) is 0. The van der Waals surface area contributed by atoms with E-state index in [9.17, 15) is 19.2 Å². The van der Waals surface area contributed by atoms with Crippen molar-refractivity contribution >= 4 is 44.7 Å². The first-order valence-corrected chi connectivity index (χ1v) is 17.2. The Morgan fingerprint density at radius 3 is 1.04 bits per heavy atom. The van der Waals surface area contributed by atoms with Gasteiger partial charge in [0.2, 0.25) is 0 Å². The van der Waals surface area contributed by atoms with Gasteiger partial charge in [-0.1, -0.05) is 98.5 Å². The second-order valence-corrected chi connectivity index (χ2v) is 12.9. The van der Waals surface area contributed by atoms with Crippen LogP contribution in [-0.4, -0.2) is 49.3 Å². The molecular weight excluding hydrogens is 572 g/mol. The zero-order valence-electron chi connectivity index (χ0n) is 26.6. The lowest BCUT2D eigenvalue weighted by Crippen LogP contribution is -2.30. The third kappa shape index (κ3) is 6.74. The van der Waals surface area contributed by atoms with Crippen LogP contribution in [0.5, 0.6) is 0 Å². The molecule has 0 aromatic heterocycles. The van der Waals surface area contributed by atoms with E-state index in [1.807, 2.05) is 72.8 Å². The van der Waals surface area contributed by atoms with Crippen LogP contribution >= 0.6 is 0 Å². The number of Topliss-reactive ketones (excluding diaryl/α,β-unsaturated/α-hetero) is 4. The molecule has 6 rings (SSSR count). The van der Waals surface area contributed by atoms with Crippen molar-refractivity contribution in [2.45, 2.75) is 64.2 Å². The molecule has 0 radical (unpaired) electrons. The molecule has 4 aromatic carbocycles. The number of benzene rings is 4. The topological polar surface area (TPSA) is 92.3 Å². The van der Waals surface area contributed by atoms with Crippen molar-refractivity contribution in [3.05, 3.63) is 95.1 Å². The monoisotopic (exact) mass is 616 g/mol. The van der Waals surface area contributed by atoms with Gasteiger partial charge >= 0.3 is 0 Å². The van der Waals surface area contributed by atoms with Gasteiger partial charge in [0.25, 0.3) is 0 Å². The number of hydrogen-bond donors (Lipinski definition) is 2. The summed E-state index contributed by atoms with van der Waals surface area (Å²) in [4.78, 5) is 52.3. The minimum absolute atomic E-state index is 0.0263. The summed E-state index contributed by atoms with van der Waals surface area (Å²) in [5, 5.41) is 10.5. The van der Waals surface area contributed by atoms with Gasteiger partial charge in [-0.2, -0.15) is 0 Å². The molecule has 0 fully saturated rings. The lowest BCUT2D eigenvalue weighted by Gasteiger charge is -2.23. The van der Waals surface area contributed by atoms with E-state index in [-0.39, 0.29) is 23.1 Å². The van der Waals surface area contributed by atoms with Crippen LogP contribution in [0.4, 0.5) is 0 Å². The maximum atomic E-state index is 13.1. The van der Waals surface area contributed by atoms with Crippen molar-refractivity contribution < 1.29 is 19.2 Å². The molecule has 0 unspecified atom stereocenters. The fourth-order valence-electron chi connectivity index (χ4n) is 7.34. The second kappa shape index (κ2) is 15.1. The van der Waals surface area contributed by atoms with Crippen molar-refractivity contribution in [1.29, 1.82) is 0 Å². The molecule has 6 heteroatoms. The van der Waals surface area contributed by atoms with Crippen molar-refractivity contribution in [1.82, 2.24) is 10.6 Å². The standard InChI is InChI=1S/C40H44N2O4/c43-37-29-17-7-13-27-14-8-18-30(35(27)29)38(44)33(37)21-11-25-41-23-5-3-1-2-4-6-24-42-26-12-22-34-39(45)31-19-9-15-28-16-10-20-32(36(28)31)40(34)46/h7-10,13-20,33-34,41-42H,1-6,11-12,21-26H2. The van der Waals surface area contributed by atoms with Crippen molar-refractivity contribution in [2.24, 2.45) is 11.8 Å². The van der Waals surface area contributed by atoms with Gasteiger partial charge in [0.15, 0.2) is 23.1 Å². The molecule has 2 aliphatic carbocycles. The van der Waals surface area contributed by atoms with Gasteiger partial charge in [-0.25, -0.2) is 0 Å². The molecule has 0 saturated heterocycles. The molecule has 0 heterocycles. The van der Waals surface area contributed by atoms with Crippen LogP contribution in [0, 0.1) is 11.8 Å². The zero-order chi connectivity index (χ0) is 31.9. The van der Waals surface area contributed by atoms with Crippen LogP contribution in [0.3, 0.4) is 0 Å². The van der Waals surface area contributed by atoms with Crippen LogP contribution in [0.1, 0.15) is 106 Å². The first kappa shape index (κ1) is 32.0. The maximum absolute atomic E-state index is 13.1. The summed E-state index contributed by atoms with van der Waals surface area (Å²) in [6.45, 7) is 3.56. The van der Waals surface area contributed by atoms with Gasteiger partial charge in [0.1, 0.15) is 0 Å². The number of hydrogen-bond acceptors (Lipinski definition) is 6. The third-order valence-corrected chi connectivity index (χ3v) is 9.79. The molecule has 0 atom stereocenters. The minimum atomic E-state index is -0.559. The molecule has 0 aliphatic heterocycles. The number of ketones is 4. The Morgan fingerprint density at radius 2 is 0.696 bits per heavy atom. The first-order chi connectivity index (χ1) is 22.6. The number of unbranched alkanes of at least 4 members (excludes halogenated alkanes) is 5. The molecule has 0 spiro atoms. The average Bonchev–Trinajstić information content (AvgIpc) is 3.08. The molecule has 238 valence electrons. The summed E-state index contributed by atoms with van der Waals surface area (Å²) in [5.74, 6) is -1.22. The lowest BCUT2D eigenvalue weighted by molar-refractivity contribution is 0.0777. The Morgan fingerprint density at radius 1 is 0.391 bits per heavy atom. The van der Waals surface area contributed by atoms with Gasteiger partial charge in [-0.15, -0.1) is 0 Å². The Balaban J connectivity index is 0.773. The van der Waals surface area contributed by atoms with Crippen molar-refractivity contribution in [2.75, 3.05) is 26.2 Å². The number of rotatable bonds is 17. The maximum Gasteiger partial charge on any atom is 0.174 e. The highest BCUT2D eigenvalue weighted by molar-refractivity contribution is 6.30. The van der Waals surface area contributed by atoms with E-state index in [1.54, 1.807) is 0 Å². The average molecular weight is 617 g/mol. The van der Waals surface area contributed by atoms with Gasteiger partial charge in [0.05, 0.1) is 11.8 Å². The summed E-state index contributed by atoms with van der Waals surface area (Å²) in [5.41, 5.74) is 2.77. The molecule has 6 nitrogen and oxygen atoms in total. The summed E-state index contributed by atoms with van der Waals surface area (Å²) in [6.07, 6.45) is 9.89. The van der Waals surface area contributed by atoms with Crippen molar-refractivity contribution in [3.63, 3.8) is 0 Å². The number of carbonyl (C=O) groups is 4. The third-order valence-electron chi connectivity index (χ3n) is 9.79. The summed E-state index contributed by atoms with van der Waals surface area (Å²) >= 11 is 0. The molecule has 46 heavy (non-hydrogen) atoms. The van der Waals surface area contributed by atoms with E-state index >= 15 is 0 Å². The molecule has 0 amide bonds. The smallest absolute Gasteiger partial charge is 0.174 e. The highest BCUT2D eigenvalue weighted by atomic mass is 16.2. The SMILES string of the molecule is O=C1c2cccc3cccc(c23)C(=O)C1CCCNCCCCCCCCNCCCC1C(=O)c2cccc3cccc(c23)C1=O. The van der Waals surface area contributed by atoms with Gasteiger partial charge in [0, 0.05) is 33.0 Å². The predicted molar refractivity (Wildman–Crippen MR) is 184 cm³/mol. The quantitative estimate of drug-likeness (QED) is 0.0931. The van der Waals surface area contributed by atoms with Crippen LogP contribution in [-0.2, 0) is 0 Å². The highest BCUT2D eigenvalue weighted by Gasteiger charge is 2.36. The Bertz CT molecular complexity index is 1530. The van der Waals surface area contributed by atoms with Gasteiger partial charge in [-0.3, -0.25) is 19.2 Å². The van der Waals surface area contributed by atoms with E-state index in [0.717, 1.165) is 73.4 Å². The van der Waals surface area contributed by atoms with Crippen LogP contribution < -0.4 is 10.6 Å². The fourth-order valence-corrected chi connectivity index (χ4v) is 7.34. The lowest BCUT2D eigenvalue weighted by atomic mass is 9.78. The zero-order valence-corrected chi connectivity index (χ0v) is 26.6. The first-order valence-electron chi connectivity index (χ1n) is 17.2. The Hall–Kier alpha value is -4.00. The van der Waals surface area contributed by atoms with E-state index in [0.29, 0.717) is 35.1 Å². The van der Waals surface area contributed by atoms with Crippen LogP contribution in [0.15, 0.2) is 72.8 Å². The van der Waals surface area contributed by atoms with Gasteiger partial charge in [-0.05, 0) is 75.5 Å². The normalized spacial score (nSPS) is 15.0. The molecule has 2 N–H and O–H groups in total. The number of nitrogens with one attached hydrogen (secondary N) is 2. The summed E-state index contributed by atoms with van der Waals surface area (Å²) < 4.78 is 0. The molecule has 0 bridgehead atoms. The second-order valence-electron chi connectivity index (χ2n) is 12.9. The molecule has 2 aliphatic rings. The Kier molecular flexibility index (Phi) is 10.5. The molecule has 0 saturated carbocycles. The van der Waals surface area contributed by atoms with Gasteiger partial charge < -0.3 is 10.6 Å². The number of carbonyl (C=O) groups excluding carboxylic acids is 4. The van der Waals surface area contributed by atoms with E-state index < -0.39 is 11.8 Å². The Labute approximate surface area is 271 Å². The van der Waals surface area contributed by atoms with Crippen molar-refractivity contribution in [3.8, 4) is 0 Å². The van der Waals surface area contributed by atoms with Crippen LogP contribution in [0.2, 0.25) is 0 Å². The fraction of sp³-hybridized carbons (Fsp3) is 0.400. The van der Waals surface area contributed by atoms with Crippen LogP contribution in [0.25, 0.3) is 21.5 Å². The summed E-state index contributed by atoms with van der Waals surface area (Å²) in [6, 6.07) is 22.9.